The normalized spacial score (nSPS) is 12.3. The number of carbonyl (C=O) groups is 1. The molecule has 0 saturated heterocycles. The van der Waals surface area contributed by atoms with Gasteiger partial charge in [-0.05, 0) is 31.8 Å². The maximum atomic E-state index is 12.5. The van der Waals surface area contributed by atoms with Crippen LogP contribution in [0.15, 0.2) is 66.7 Å². The van der Waals surface area contributed by atoms with Crippen LogP contribution in [0.1, 0.15) is 22.1 Å². The van der Waals surface area contributed by atoms with Crippen molar-refractivity contribution >= 4 is 16.8 Å². The number of benzene rings is 2. The van der Waals surface area contributed by atoms with E-state index in [1.807, 2.05) is 62.6 Å². The lowest BCUT2D eigenvalue weighted by Gasteiger charge is -2.25. The number of pyridine rings is 1. The number of carbonyl (C=O) groups excluding carboxylic acids is 1. The van der Waals surface area contributed by atoms with E-state index in [1.165, 1.54) is 5.56 Å². The summed E-state index contributed by atoms with van der Waals surface area (Å²) in [7, 11) is 4.02. The molecule has 0 fully saturated rings. The largest absolute Gasteiger partial charge is 0.349 e. The first-order valence-electron chi connectivity index (χ1n) is 8.00. The first-order valence-corrected chi connectivity index (χ1v) is 8.00. The summed E-state index contributed by atoms with van der Waals surface area (Å²) in [6.45, 7) is 0.532. The van der Waals surface area contributed by atoms with Crippen LogP contribution in [-0.2, 0) is 0 Å². The van der Waals surface area contributed by atoms with Gasteiger partial charge in [-0.1, -0.05) is 54.6 Å². The first kappa shape index (κ1) is 16.1. The Hall–Kier alpha value is -2.72. The lowest BCUT2D eigenvalue weighted by molar-refractivity contribution is 0.0937. The van der Waals surface area contributed by atoms with E-state index in [0.29, 0.717) is 12.2 Å². The van der Waals surface area contributed by atoms with Crippen LogP contribution in [0.5, 0.6) is 0 Å². The molecule has 3 aromatic rings. The van der Waals surface area contributed by atoms with Crippen molar-refractivity contribution in [1.82, 2.24) is 15.2 Å². The fourth-order valence-corrected chi connectivity index (χ4v) is 2.75. The SMILES string of the molecule is CN(C)[C@H](CNC(=O)c1ccc2ccccc2n1)c1ccccc1. The third-order valence-electron chi connectivity index (χ3n) is 4.09. The average molecular weight is 319 g/mol. The zero-order valence-electron chi connectivity index (χ0n) is 13.9. The van der Waals surface area contributed by atoms with Gasteiger partial charge in [0.05, 0.1) is 11.6 Å². The topological polar surface area (TPSA) is 45.2 Å². The fraction of sp³-hybridized carbons (Fsp3) is 0.200. The quantitative estimate of drug-likeness (QED) is 0.785. The number of hydrogen-bond acceptors (Lipinski definition) is 3. The van der Waals surface area contributed by atoms with Crippen molar-refractivity contribution in [2.45, 2.75) is 6.04 Å². The number of rotatable bonds is 5. The maximum absolute atomic E-state index is 12.5. The zero-order chi connectivity index (χ0) is 16.9. The molecular weight excluding hydrogens is 298 g/mol. The van der Waals surface area contributed by atoms with Crippen LogP contribution in [-0.4, -0.2) is 36.4 Å². The van der Waals surface area contributed by atoms with Gasteiger partial charge in [0.2, 0.25) is 0 Å². The van der Waals surface area contributed by atoms with Gasteiger partial charge in [-0.2, -0.15) is 0 Å². The highest BCUT2D eigenvalue weighted by Crippen LogP contribution is 2.17. The Morgan fingerprint density at radius 2 is 1.71 bits per heavy atom. The number of nitrogens with zero attached hydrogens (tertiary/aromatic N) is 2. The molecule has 1 amide bonds. The minimum Gasteiger partial charge on any atom is -0.349 e. The molecule has 4 heteroatoms. The minimum absolute atomic E-state index is 0.121. The van der Waals surface area contributed by atoms with Gasteiger partial charge in [-0.25, -0.2) is 4.98 Å². The Labute approximate surface area is 142 Å². The van der Waals surface area contributed by atoms with Crippen molar-refractivity contribution in [3.63, 3.8) is 0 Å². The number of fused-ring (bicyclic) bond motifs is 1. The average Bonchev–Trinajstić information content (AvgIpc) is 2.62. The van der Waals surface area contributed by atoms with Gasteiger partial charge in [-0.15, -0.1) is 0 Å². The molecule has 0 aliphatic rings. The van der Waals surface area contributed by atoms with Crippen molar-refractivity contribution in [1.29, 1.82) is 0 Å². The number of nitrogens with one attached hydrogen (secondary N) is 1. The molecular formula is C20H21N3O. The summed E-state index contributed by atoms with van der Waals surface area (Å²) in [6, 6.07) is 21.8. The van der Waals surface area contributed by atoms with Crippen molar-refractivity contribution in [3.05, 3.63) is 78.0 Å². The molecule has 24 heavy (non-hydrogen) atoms. The van der Waals surface area contributed by atoms with Gasteiger partial charge in [-0.3, -0.25) is 4.79 Å². The number of amides is 1. The zero-order valence-corrected chi connectivity index (χ0v) is 13.9. The summed E-state index contributed by atoms with van der Waals surface area (Å²) >= 11 is 0. The van der Waals surface area contributed by atoms with Crippen molar-refractivity contribution in [2.24, 2.45) is 0 Å². The van der Waals surface area contributed by atoms with Crippen molar-refractivity contribution in [2.75, 3.05) is 20.6 Å². The fourth-order valence-electron chi connectivity index (χ4n) is 2.75. The number of likely N-dealkylation sites (N-methyl/N-ethyl adjacent to an activating group) is 1. The smallest absolute Gasteiger partial charge is 0.269 e. The molecule has 1 N–H and O–H groups in total. The Bertz CT molecular complexity index is 830. The van der Waals surface area contributed by atoms with E-state index in [4.69, 9.17) is 0 Å². The van der Waals surface area contributed by atoms with Crippen LogP contribution >= 0.6 is 0 Å². The van der Waals surface area contributed by atoms with Crippen molar-refractivity contribution < 1.29 is 4.79 Å². The lowest BCUT2D eigenvalue weighted by Crippen LogP contribution is -2.34. The summed E-state index contributed by atoms with van der Waals surface area (Å²) in [6.07, 6.45) is 0. The Balaban J connectivity index is 1.73. The Morgan fingerprint density at radius 1 is 1.00 bits per heavy atom. The molecule has 1 atom stereocenters. The van der Waals surface area contributed by atoms with E-state index in [-0.39, 0.29) is 11.9 Å². The highest BCUT2D eigenvalue weighted by Gasteiger charge is 2.16. The molecule has 1 heterocycles. The Morgan fingerprint density at radius 3 is 2.46 bits per heavy atom. The van der Waals surface area contributed by atoms with Crippen LogP contribution in [0.25, 0.3) is 10.9 Å². The lowest BCUT2D eigenvalue weighted by atomic mass is 10.1. The van der Waals surface area contributed by atoms with Gasteiger partial charge in [0.25, 0.3) is 5.91 Å². The monoisotopic (exact) mass is 319 g/mol. The predicted octanol–water partition coefficient (Wildman–Crippen LogP) is 3.27. The molecule has 0 saturated carbocycles. The number of aromatic nitrogens is 1. The molecule has 3 rings (SSSR count). The van der Waals surface area contributed by atoms with Crippen LogP contribution in [0.4, 0.5) is 0 Å². The second-order valence-electron chi connectivity index (χ2n) is 5.99. The third kappa shape index (κ3) is 3.60. The van der Waals surface area contributed by atoms with E-state index in [1.54, 1.807) is 6.07 Å². The molecule has 0 bridgehead atoms. The van der Waals surface area contributed by atoms with Gasteiger partial charge >= 0.3 is 0 Å². The summed E-state index contributed by atoms with van der Waals surface area (Å²) in [5, 5.41) is 4.03. The van der Waals surface area contributed by atoms with Gasteiger partial charge < -0.3 is 10.2 Å². The molecule has 0 aliphatic carbocycles. The summed E-state index contributed by atoms with van der Waals surface area (Å²) < 4.78 is 0. The van der Waals surface area contributed by atoms with Gasteiger partial charge in [0.15, 0.2) is 0 Å². The second kappa shape index (κ2) is 7.23. The number of hydrogen-bond donors (Lipinski definition) is 1. The molecule has 2 aromatic carbocycles. The van der Waals surface area contributed by atoms with Crippen LogP contribution < -0.4 is 5.32 Å². The maximum Gasteiger partial charge on any atom is 0.269 e. The van der Waals surface area contributed by atoms with Gasteiger partial charge in [0.1, 0.15) is 5.69 Å². The summed E-state index contributed by atoms with van der Waals surface area (Å²) in [4.78, 5) is 19.0. The van der Waals surface area contributed by atoms with E-state index >= 15 is 0 Å². The van der Waals surface area contributed by atoms with E-state index in [0.717, 1.165) is 10.9 Å². The van der Waals surface area contributed by atoms with Crippen LogP contribution in [0, 0.1) is 0 Å². The Kier molecular flexibility index (Phi) is 4.87. The summed E-state index contributed by atoms with van der Waals surface area (Å²) in [5.41, 5.74) is 2.45. The van der Waals surface area contributed by atoms with Gasteiger partial charge in [0, 0.05) is 11.9 Å². The molecule has 0 spiro atoms. The third-order valence-corrected chi connectivity index (χ3v) is 4.09. The highest BCUT2D eigenvalue weighted by molar-refractivity contribution is 5.94. The minimum atomic E-state index is -0.150. The van der Waals surface area contributed by atoms with E-state index < -0.39 is 0 Å². The van der Waals surface area contributed by atoms with E-state index in [9.17, 15) is 4.79 Å². The van der Waals surface area contributed by atoms with Crippen LogP contribution in [0.2, 0.25) is 0 Å². The van der Waals surface area contributed by atoms with E-state index in [2.05, 4.69) is 27.3 Å². The second-order valence-corrected chi connectivity index (χ2v) is 5.99. The molecule has 0 aliphatic heterocycles. The first-order chi connectivity index (χ1) is 11.6. The standard InChI is InChI=1S/C20H21N3O/c1-23(2)19(16-9-4-3-5-10-16)14-21-20(24)18-13-12-15-8-6-7-11-17(15)22-18/h3-13,19H,14H2,1-2H3,(H,21,24)/t19-/m1/s1. The summed E-state index contributed by atoms with van der Waals surface area (Å²) in [5.74, 6) is -0.150. The van der Waals surface area contributed by atoms with Crippen molar-refractivity contribution in [3.8, 4) is 0 Å². The number of para-hydroxylation sites is 1. The highest BCUT2D eigenvalue weighted by atomic mass is 16.1. The predicted molar refractivity (Wildman–Crippen MR) is 96.9 cm³/mol. The van der Waals surface area contributed by atoms with Crippen LogP contribution in [0.3, 0.4) is 0 Å². The molecule has 0 radical (unpaired) electrons. The molecule has 0 unspecified atom stereocenters. The molecule has 1 aromatic heterocycles. The molecule has 4 nitrogen and oxygen atoms in total. The molecule has 122 valence electrons.